The van der Waals surface area contributed by atoms with Gasteiger partial charge in [-0.15, -0.1) is 0 Å². The molecule has 0 unspecified atom stereocenters. The van der Waals surface area contributed by atoms with Crippen LogP contribution in [0.25, 0.3) is 5.69 Å². The lowest BCUT2D eigenvalue weighted by atomic mass is 10.1. The van der Waals surface area contributed by atoms with Crippen LogP contribution in [0.15, 0.2) is 16.9 Å². The molecule has 2 rings (SSSR count). The third-order valence-electron chi connectivity index (χ3n) is 3.11. The van der Waals surface area contributed by atoms with E-state index in [1.54, 1.807) is 0 Å². The van der Waals surface area contributed by atoms with E-state index in [1.807, 2.05) is 13.8 Å². The summed E-state index contributed by atoms with van der Waals surface area (Å²) in [7, 11) is 1.51. The number of hydrogen-bond donors (Lipinski definition) is 1. The van der Waals surface area contributed by atoms with Gasteiger partial charge in [-0.3, -0.25) is 9.48 Å². The molecule has 0 aliphatic heterocycles. The Balaban J connectivity index is 2.81. The normalized spacial score (nSPS) is 11.3. The number of aromatic nitrogens is 2. The smallest absolute Gasteiger partial charge is 0.294 e. The zero-order valence-corrected chi connectivity index (χ0v) is 11.2. The molecule has 2 N–H and O–H groups in total. The Hall–Kier alpha value is -2.18. The molecule has 0 fully saturated rings. The summed E-state index contributed by atoms with van der Waals surface area (Å²) < 4.78 is 42.3. The lowest BCUT2D eigenvalue weighted by Gasteiger charge is -2.12. The molecule has 2 aromatic rings. The van der Waals surface area contributed by atoms with Crippen LogP contribution in [0.3, 0.4) is 0 Å². The van der Waals surface area contributed by atoms with Crippen molar-refractivity contribution in [1.29, 1.82) is 0 Å². The Labute approximate surface area is 113 Å². The van der Waals surface area contributed by atoms with Gasteiger partial charge in [0.2, 0.25) is 0 Å². The van der Waals surface area contributed by atoms with E-state index < -0.39 is 23.0 Å². The minimum atomic E-state index is -1.31. The van der Waals surface area contributed by atoms with Gasteiger partial charge in [0.1, 0.15) is 11.4 Å². The molecular formula is C13H14F3N3O. The molecule has 108 valence electrons. The van der Waals surface area contributed by atoms with Crippen molar-refractivity contribution in [3.05, 3.63) is 45.6 Å². The van der Waals surface area contributed by atoms with Gasteiger partial charge < -0.3 is 5.73 Å². The fourth-order valence-electron chi connectivity index (χ4n) is 2.27. The Morgan fingerprint density at radius 2 is 1.65 bits per heavy atom. The van der Waals surface area contributed by atoms with E-state index in [0.717, 1.165) is 4.68 Å². The number of hydrogen-bond acceptors (Lipinski definition) is 2. The molecule has 20 heavy (non-hydrogen) atoms. The molecule has 0 spiro atoms. The highest BCUT2D eigenvalue weighted by molar-refractivity contribution is 5.47. The first-order valence-corrected chi connectivity index (χ1v) is 5.98. The van der Waals surface area contributed by atoms with E-state index in [4.69, 9.17) is 5.73 Å². The Morgan fingerprint density at radius 3 is 2.15 bits per heavy atom. The van der Waals surface area contributed by atoms with Gasteiger partial charge in [-0.2, -0.15) is 0 Å². The molecule has 1 aromatic carbocycles. The number of anilines is 1. The predicted molar refractivity (Wildman–Crippen MR) is 69.4 cm³/mol. The van der Waals surface area contributed by atoms with Gasteiger partial charge in [0.25, 0.3) is 5.56 Å². The van der Waals surface area contributed by atoms with Crippen LogP contribution < -0.4 is 11.3 Å². The third kappa shape index (κ3) is 1.99. The van der Waals surface area contributed by atoms with E-state index in [-0.39, 0.29) is 17.3 Å². The minimum Gasteiger partial charge on any atom is -0.393 e. The summed E-state index contributed by atoms with van der Waals surface area (Å²) in [4.78, 5) is 12.1. The van der Waals surface area contributed by atoms with E-state index in [0.29, 0.717) is 17.8 Å². The number of benzene rings is 1. The molecule has 0 aliphatic rings. The van der Waals surface area contributed by atoms with E-state index in [2.05, 4.69) is 0 Å². The average molecular weight is 285 g/mol. The van der Waals surface area contributed by atoms with Crippen LogP contribution in [0.1, 0.15) is 25.5 Å². The number of rotatable bonds is 2. The summed E-state index contributed by atoms with van der Waals surface area (Å²) in [6.45, 7) is 3.63. The van der Waals surface area contributed by atoms with Gasteiger partial charge >= 0.3 is 0 Å². The number of halogens is 3. The summed E-state index contributed by atoms with van der Waals surface area (Å²) in [6, 6.07) is 1.03. The molecule has 0 saturated carbocycles. The molecule has 0 bridgehead atoms. The van der Waals surface area contributed by atoms with E-state index >= 15 is 0 Å². The van der Waals surface area contributed by atoms with Crippen LogP contribution in [0.2, 0.25) is 0 Å². The van der Waals surface area contributed by atoms with Crippen LogP contribution in [-0.4, -0.2) is 9.36 Å². The zero-order chi connectivity index (χ0) is 15.2. The Bertz CT molecular complexity index is 731. The van der Waals surface area contributed by atoms with Gasteiger partial charge in [-0.1, -0.05) is 13.8 Å². The van der Waals surface area contributed by atoms with E-state index in [9.17, 15) is 18.0 Å². The fraction of sp³-hybridized carbons (Fsp3) is 0.308. The van der Waals surface area contributed by atoms with Crippen LogP contribution >= 0.6 is 0 Å². The highest BCUT2D eigenvalue weighted by Crippen LogP contribution is 2.23. The second-order valence-electron chi connectivity index (χ2n) is 4.81. The standard InChI is InChI=1S/C13H14F3N3O/c1-6(2)12-11(17)13(20)19(18(12)3)10-5-8(15)7(14)4-9(10)16/h4-6H,17H2,1-3H3. The quantitative estimate of drug-likeness (QED) is 0.861. The first kappa shape index (κ1) is 14.2. The minimum absolute atomic E-state index is 0.0355. The Kier molecular flexibility index (Phi) is 3.37. The fourth-order valence-corrected chi connectivity index (χ4v) is 2.27. The van der Waals surface area contributed by atoms with Crippen molar-refractivity contribution in [2.24, 2.45) is 7.05 Å². The summed E-state index contributed by atoms with van der Waals surface area (Å²) in [6.07, 6.45) is 0. The van der Waals surface area contributed by atoms with Crippen molar-refractivity contribution in [3.8, 4) is 5.69 Å². The molecule has 7 heteroatoms. The SMILES string of the molecule is CC(C)c1c(N)c(=O)n(-c2cc(F)c(F)cc2F)n1C. The lowest BCUT2D eigenvalue weighted by Crippen LogP contribution is -2.22. The lowest BCUT2D eigenvalue weighted by molar-refractivity contribution is 0.485. The van der Waals surface area contributed by atoms with Gasteiger partial charge in [0, 0.05) is 19.2 Å². The molecule has 0 amide bonds. The van der Waals surface area contributed by atoms with Crippen molar-refractivity contribution >= 4 is 5.69 Å². The third-order valence-corrected chi connectivity index (χ3v) is 3.11. The molecule has 1 heterocycles. The maximum absolute atomic E-state index is 13.8. The summed E-state index contributed by atoms with van der Waals surface area (Å²) >= 11 is 0. The molecular weight excluding hydrogens is 271 g/mol. The van der Waals surface area contributed by atoms with Gasteiger partial charge in [-0.05, 0) is 5.92 Å². The highest BCUT2D eigenvalue weighted by atomic mass is 19.2. The van der Waals surface area contributed by atoms with Crippen molar-refractivity contribution in [3.63, 3.8) is 0 Å². The molecule has 0 radical (unpaired) electrons. The molecule has 4 nitrogen and oxygen atoms in total. The zero-order valence-electron chi connectivity index (χ0n) is 11.2. The maximum atomic E-state index is 13.8. The number of nitrogens with two attached hydrogens (primary N) is 1. The summed E-state index contributed by atoms with van der Waals surface area (Å²) in [5.41, 5.74) is 5.13. The Morgan fingerprint density at radius 1 is 1.10 bits per heavy atom. The molecule has 1 aromatic heterocycles. The predicted octanol–water partition coefficient (Wildman–Crippen LogP) is 2.30. The largest absolute Gasteiger partial charge is 0.393 e. The van der Waals surface area contributed by atoms with E-state index in [1.165, 1.54) is 11.7 Å². The highest BCUT2D eigenvalue weighted by Gasteiger charge is 2.22. The van der Waals surface area contributed by atoms with Crippen LogP contribution in [0.5, 0.6) is 0 Å². The average Bonchev–Trinajstić information content (AvgIpc) is 2.56. The van der Waals surface area contributed by atoms with Crippen molar-refractivity contribution in [2.45, 2.75) is 19.8 Å². The van der Waals surface area contributed by atoms with Crippen LogP contribution in [0, 0.1) is 17.5 Å². The topological polar surface area (TPSA) is 53.0 Å². The van der Waals surface area contributed by atoms with Crippen LogP contribution in [0.4, 0.5) is 18.9 Å². The first-order valence-electron chi connectivity index (χ1n) is 5.98. The summed E-state index contributed by atoms with van der Waals surface area (Å²) in [5.74, 6) is -3.67. The van der Waals surface area contributed by atoms with Gasteiger partial charge in [0.15, 0.2) is 17.5 Å². The molecule has 0 atom stereocenters. The molecule has 0 aliphatic carbocycles. The summed E-state index contributed by atoms with van der Waals surface area (Å²) in [5, 5.41) is 0. The van der Waals surface area contributed by atoms with Crippen molar-refractivity contribution < 1.29 is 13.2 Å². The second-order valence-corrected chi connectivity index (χ2v) is 4.81. The van der Waals surface area contributed by atoms with Crippen molar-refractivity contribution in [2.75, 3.05) is 5.73 Å². The number of nitrogen functional groups attached to an aromatic ring is 1. The van der Waals surface area contributed by atoms with Gasteiger partial charge in [0.05, 0.1) is 5.69 Å². The number of nitrogens with zero attached hydrogens (tertiary/aromatic N) is 2. The van der Waals surface area contributed by atoms with Gasteiger partial charge in [-0.25, -0.2) is 17.9 Å². The second kappa shape index (κ2) is 4.73. The molecule has 0 saturated heterocycles. The van der Waals surface area contributed by atoms with Crippen LogP contribution in [-0.2, 0) is 7.05 Å². The maximum Gasteiger partial charge on any atom is 0.294 e. The first-order chi connectivity index (χ1) is 9.25. The van der Waals surface area contributed by atoms with Crippen molar-refractivity contribution in [1.82, 2.24) is 9.36 Å². The monoisotopic (exact) mass is 285 g/mol.